The first kappa shape index (κ1) is 17.1. The van der Waals surface area contributed by atoms with Crippen LogP contribution in [-0.4, -0.2) is 17.3 Å². The molecule has 0 radical (unpaired) electrons. The first-order valence-electron chi connectivity index (χ1n) is 7.25. The van der Waals surface area contributed by atoms with E-state index < -0.39 is 17.3 Å². The van der Waals surface area contributed by atoms with Crippen LogP contribution in [0.2, 0.25) is 14.3 Å². The van der Waals surface area contributed by atoms with Gasteiger partial charge in [0.2, 0.25) is 0 Å². The molecule has 0 saturated carbocycles. The molecule has 2 heteroatoms. The van der Waals surface area contributed by atoms with E-state index in [0.29, 0.717) is 0 Å². The van der Waals surface area contributed by atoms with Crippen molar-refractivity contribution >= 4 is 26.2 Å². The third-order valence-electron chi connectivity index (χ3n) is 3.12. The summed E-state index contributed by atoms with van der Waals surface area (Å²) in [5.41, 5.74) is 0. The molecule has 0 aliphatic heterocycles. The van der Waals surface area contributed by atoms with Crippen molar-refractivity contribution in [3.05, 3.63) is 0 Å². The molecule has 0 atom stereocenters. The SMILES string of the molecule is CCCCCCCCCCC[CH2][Sn]([CH3])([CH3])[Cl]. The quantitative estimate of drug-likeness (QED) is 0.300. The predicted octanol–water partition coefficient (Wildman–Crippen LogP) is 6.35. The number of unbranched alkanes of at least 4 members (excludes halogenated alkanes) is 9. The maximum absolute atomic E-state index is 6.35. The van der Waals surface area contributed by atoms with Gasteiger partial charge >= 0.3 is 112 Å². The fourth-order valence-corrected chi connectivity index (χ4v) is 6.04. The molecule has 0 fully saturated rings. The molecule has 0 spiro atoms. The standard InChI is InChI=1S/C12H25.2CH3.ClH.Sn/c1-3-5-7-9-11-12-10-8-6-4-2;;;;/h1,3-12H2,2H3;2*1H3;1H;/q;;;;+1/p-1. The first-order valence-corrected chi connectivity index (χ1v) is 18.6. The average Bonchev–Trinajstić information content (AvgIpc) is 2.19. The molecular formula is C14H31ClSn. The van der Waals surface area contributed by atoms with Crippen molar-refractivity contribution in [3.8, 4) is 0 Å². The molecule has 0 aliphatic rings. The fraction of sp³-hybridized carbons (Fsp3) is 1.00. The Morgan fingerprint density at radius 3 is 1.44 bits per heavy atom. The topological polar surface area (TPSA) is 0 Å². The van der Waals surface area contributed by atoms with Crippen LogP contribution in [0, 0.1) is 0 Å². The van der Waals surface area contributed by atoms with Gasteiger partial charge in [0.15, 0.2) is 0 Å². The molecule has 0 rings (SSSR count). The van der Waals surface area contributed by atoms with Gasteiger partial charge in [-0.05, 0) is 0 Å². The molecule has 0 N–H and O–H groups in total. The Balaban J connectivity index is 2.99. The van der Waals surface area contributed by atoms with Gasteiger partial charge in [0.05, 0.1) is 0 Å². The van der Waals surface area contributed by atoms with Crippen LogP contribution in [0.15, 0.2) is 0 Å². The van der Waals surface area contributed by atoms with Crippen molar-refractivity contribution < 1.29 is 0 Å². The van der Waals surface area contributed by atoms with Crippen molar-refractivity contribution in [1.82, 2.24) is 0 Å². The van der Waals surface area contributed by atoms with E-state index in [1.54, 1.807) is 0 Å². The minimum absolute atomic E-state index is 1.36. The maximum atomic E-state index is 6.35. The minimum atomic E-state index is -1.94. The molecule has 0 aromatic carbocycles. The summed E-state index contributed by atoms with van der Waals surface area (Å²) in [6, 6.07) is 0. The Bertz CT molecular complexity index is 140. The van der Waals surface area contributed by atoms with Crippen LogP contribution in [0.1, 0.15) is 71.1 Å². The molecular weight excluding hydrogens is 322 g/mol. The Morgan fingerprint density at radius 2 is 1.06 bits per heavy atom. The van der Waals surface area contributed by atoms with E-state index in [-0.39, 0.29) is 0 Å². The summed E-state index contributed by atoms with van der Waals surface area (Å²) in [6.07, 6.45) is 14.3. The van der Waals surface area contributed by atoms with Gasteiger partial charge in [-0.1, -0.05) is 0 Å². The third-order valence-corrected chi connectivity index (χ3v) is 8.80. The number of hydrogen-bond acceptors (Lipinski definition) is 0. The van der Waals surface area contributed by atoms with E-state index in [1.165, 1.54) is 68.6 Å². The Labute approximate surface area is 111 Å². The summed E-state index contributed by atoms with van der Waals surface area (Å²) in [4.78, 5) is 4.65. The second kappa shape index (κ2) is 11.2. The Hall–Kier alpha value is 1.09. The van der Waals surface area contributed by atoms with Gasteiger partial charge in [0, 0.05) is 0 Å². The van der Waals surface area contributed by atoms with Crippen LogP contribution in [0.4, 0.5) is 0 Å². The van der Waals surface area contributed by atoms with Crippen molar-refractivity contribution in [1.29, 1.82) is 0 Å². The van der Waals surface area contributed by atoms with Crippen molar-refractivity contribution in [2.24, 2.45) is 0 Å². The zero-order valence-electron chi connectivity index (χ0n) is 11.7. The Kier molecular flexibility index (Phi) is 12.0. The average molecular weight is 354 g/mol. The molecule has 0 aromatic heterocycles. The normalized spacial score (nSPS) is 12.0. The summed E-state index contributed by atoms with van der Waals surface area (Å²) < 4.78 is 1.37. The second-order valence-corrected chi connectivity index (χ2v) is 23.8. The predicted molar refractivity (Wildman–Crippen MR) is 80.0 cm³/mol. The zero-order chi connectivity index (χ0) is 12.3. The molecule has 0 amide bonds. The van der Waals surface area contributed by atoms with Gasteiger partial charge < -0.3 is 0 Å². The monoisotopic (exact) mass is 354 g/mol. The third kappa shape index (κ3) is 15.1. The summed E-state index contributed by atoms with van der Waals surface area (Å²) in [6.45, 7) is 2.28. The van der Waals surface area contributed by atoms with Crippen molar-refractivity contribution in [3.63, 3.8) is 0 Å². The van der Waals surface area contributed by atoms with E-state index >= 15 is 0 Å². The summed E-state index contributed by atoms with van der Waals surface area (Å²) >= 11 is -1.94. The van der Waals surface area contributed by atoms with Crippen molar-refractivity contribution in [2.75, 3.05) is 0 Å². The summed E-state index contributed by atoms with van der Waals surface area (Å²) in [5, 5.41) is 0. The molecule has 0 unspecified atom stereocenters. The molecule has 98 valence electrons. The van der Waals surface area contributed by atoms with Gasteiger partial charge in [-0.2, -0.15) is 0 Å². The van der Waals surface area contributed by atoms with E-state index in [0.717, 1.165) is 0 Å². The molecule has 0 nitrogen and oxygen atoms in total. The van der Waals surface area contributed by atoms with Gasteiger partial charge in [0.25, 0.3) is 0 Å². The fourth-order valence-electron chi connectivity index (χ4n) is 2.03. The van der Waals surface area contributed by atoms with Gasteiger partial charge in [-0.15, -0.1) is 0 Å². The number of halogens is 1. The molecule has 0 bridgehead atoms. The van der Waals surface area contributed by atoms with E-state index in [9.17, 15) is 0 Å². The van der Waals surface area contributed by atoms with Gasteiger partial charge in [0.1, 0.15) is 0 Å². The van der Waals surface area contributed by atoms with Crippen LogP contribution >= 0.6 is 8.92 Å². The summed E-state index contributed by atoms with van der Waals surface area (Å²) in [5.74, 6) is 0. The molecule has 16 heavy (non-hydrogen) atoms. The van der Waals surface area contributed by atoms with Crippen molar-refractivity contribution in [2.45, 2.75) is 85.4 Å². The Morgan fingerprint density at radius 1 is 0.688 bits per heavy atom. The number of rotatable bonds is 11. The van der Waals surface area contributed by atoms with Crippen LogP contribution < -0.4 is 0 Å². The van der Waals surface area contributed by atoms with Gasteiger partial charge in [-0.25, -0.2) is 0 Å². The van der Waals surface area contributed by atoms with E-state index in [1.807, 2.05) is 0 Å². The molecule has 0 heterocycles. The second-order valence-electron chi connectivity index (χ2n) is 5.65. The first-order chi connectivity index (χ1) is 7.56. The van der Waals surface area contributed by atoms with E-state index in [2.05, 4.69) is 16.8 Å². The number of hydrogen-bond donors (Lipinski definition) is 0. The molecule has 0 saturated heterocycles. The van der Waals surface area contributed by atoms with Gasteiger partial charge in [-0.3, -0.25) is 0 Å². The van der Waals surface area contributed by atoms with Crippen LogP contribution in [0.25, 0.3) is 0 Å². The zero-order valence-corrected chi connectivity index (χ0v) is 15.3. The summed E-state index contributed by atoms with van der Waals surface area (Å²) in [7, 11) is 6.35. The van der Waals surface area contributed by atoms with Crippen LogP contribution in [0.3, 0.4) is 0 Å². The van der Waals surface area contributed by atoms with Crippen LogP contribution in [-0.2, 0) is 0 Å². The molecule has 0 aromatic rings. The van der Waals surface area contributed by atoms with Crippen LogP contribution in [0.5, 0.6) is 0 Å². The van der Waals surface area contributed by atoms with E-state index in [4.69, 9.17) is 8.92 Å². The molecule has 0 aliphatic carbocycles.